The van der Waals surface area contributed by atoms with Crippen LogP contribution in [0.15, 0.2) is 29.8 Å². The molecule has 7 nitrogen and oxygen atoms in total. The molecule has 1 aromatic carbocycles. The van der Waals surface area contributed by atoms with Gasteiger partial charge in [-0.3, -0.25) is 14.4 Å². The summed E-state index contributed by atoms with van der Waals surface area (Å²) >= 11 is 1.61. The van der Waals surface area contributed by atoms with Crippen LogP contribution in [0.4, 0.5) is 0 Å². The first kappa shape index (κ1) is 23.9. The van der Waals surface area contributed by atoms with E-state index in [1.165, 1.54) is 6.92 Å². The summed E-state index contributed by atoms with van der Waals surface area (Å²) in [7, 11) is 0. The van der Waals surface area contributed by atoms with E-state index in [2.05, 4.69) is 15.6 Å². The van der Waals surface area contributed by atoms with Gasteiger partial charge in [-0.25, -0.2) is 4.98 Å². The third kappa shape index (κ3) is 5.94. The van der Waals surface area contributed by atoms with E-state index in [4.69, 9.17) is 0 Å². The van der Waals surface area contributed by atoms with Crippen molar-refractivity contribution in [3.8, 4) is 10.4 Å². The largest absolute Gasteiger partial charge is 0.350 e. The highest BCUT2D eigenvalue weighted by Crippen LogP contribution is 2.27. The molecular formula is C24H32N4O3S. The molecule has 8 heteroatoms. The minimum atomic E-state index is -0.594. The number of aryl methyl sites for hydroxylation is 1. The van der Waals surface area contributed by atoms with Crippen LogP contribution in [-0.4, -0.2) is 46.2 Å². The normalized spacial score (nSPS) is 16.8. The second-order valence-electron chi connectivity index (χ2n) is 8.75. The molecule has 32 heavy (non-hydrogen) atoms. The van der Waals surface area contributed by atoms with Crippen LogP contribution < -0.4 is 10.6 Å². The van der Waals surface area contributed by atoms with Crippen molar-refractivity contribution in [2.24, 2.45) is 5.92 Å². The van der Waals surface area contributed by atoms with Crippen LogP contribution in [0.3, 0.4) is 0 Å². The van der Waals surface area contributed by atoms with Gasteiger partial charge in [-0.15, -0.1) is 11.3 Å². The molecule has 1 fully saturated rings. The predicted molar refractivity (Wildman–Crippen MR) is 126 cm³/mol. The zero-order chi connectivity index (χ0) is 23.3. The molecule has 1 saturated heterocycles. The Morgan fingerprint density at radius 3 is 2.53 bits per heavy atom. The topological polar surface area (TPSA) is 91.4 Å². The van der Waals surface area contributed by atoms with Crippen molar-refractivity contribution in [3.63, 3.8) is 0 Å². The van der Waals surface area contributed by atoms with Gasteiger partial charge in [0.15, 0.2) is 0 Å². The number of rotatable bonds is 8. The van der Waals surface area contributed by atoms with E-state index < -0.39 is 12.1 Å². The molecule has 2 heterocycles. The number of amides is 3. The van der Waals surface area contributed by atoms with Crippen molar-refractivity contribution in [1.29, 1.82) is 0 Å². The van der Waals surface area contributed by atoms with Gasteiger partial charge in [-0.1, -0.05) is 38.1 Å². The highest BCUT2D eigenvalue weighted by atomic mass is 32.1. The first-order valence-electron chi connectivity index (χ1n) is 11.1. The first-order valence-corrected chi connectivity index (χ1v) is 12.0. The summed E-state index contributed by atoms with van der Waals surface area (Å²) in [5.41, 5.74) is 4.96. The lowest BCUT2D eigenvalue weighted by atomic mass is 10.0. The van der Waals surface area contributed by atoms with Crippen molar-refractivity contribution in [2.75, 3.05) is 6.54 Å². The fourth-order valence-electron chi connectivity index (χ4n) is 4.10. The van der Waals surface area contributed by atoms with Crippen LogP contribution in [0.2, 0.25) is 0 Å². The molecule has 0 bridgehead atoms. The molecule has 0 radical (unpaired) electrons. The van der Waals surface area contributed by atoms with E-state index in [1.54, 1.807) is 16.2 Å². The number of benzene rings is 1. The SMILES string of the molecule is CC(=O)NC(CC(C)C)C(=O)N1CCCC1C(=O)NCc1ccc(-c2scnc2C)cc1. The number of likely N-dealkylation sites (tertiary alicyclic amines) is 1. The van der Waals surface area contributed by atoms with Crippen LogP contribution in [0.25, 0.3) is 10.4 Å². The average Bonchev–Trinajstić information content (AvgIpc) is 3.40. The summed E-state index contributed by atoms with van der Waals surface area (Å²) in [5.74, 6) is -0.302. The highest BCUT2D eigenvalue weighted by molar-refractivity contribution is 7.13. The van der Waals surface area contributed by atoms with Crippen LogP contribution in [0.5, 0.6) is 0 Å². The molecule has 0 spiro atoms. The van der Waals surface area contributed by atoms with Gasteiger partial charge in [0, 0.05) is 20.0 Å². The third-order valence-electron chi connectivity index (χ3n) is 5.65. The van der Waals surface area contributed by atoms with Crippen LogP contribution in [0.1, 0.15) is 51.3 Å². The predicted octanol–water partition coefficient (Wildman–Crippen LogP) is 3.28. The standard InChI is InChI=1S/C24H32N4O3S/c1-15(2)12-20(27-17(4)29)24(31)28-11-5-6-21(28)23(30)25-13-18-7-9-19(10-8-18)22-16(3)26-14-32-22/h7-10,14-15,20-21H,5-6,11-13H2,1-4H3,(H,25,30)(H,27,29). The van der Waals surface area contributed by atoms with Crippen molar-refractivity contribution in [2.45, 2.75) is 65.6 Å². The number of nitrogens with one attached hydrogen (secondary N) is 2. The fourth-order valence-corrected chi connectivity index (χ4v) is 4.91. The van der Waals surface area contributed by atoms with E-state index >= 15 is 0 Å². The number of nitrogens with zero attached hydrogens (tertiary/aromatic N) is 2. The quantitative estimate of drug-likeness (QED) is 0.638. The average molecular weight is 457 g/mol. The molecular weight excluding hydrogens is 424 g/mol. The summed E-state index contributed by atoms with van der Waals surface area (Å²) in [6.07, 6.45) is 1.96. The minimum Gasteiger partial charge on any atom is -0.350 e. The number of carbonyl (C=O) groups excluding carboxylic acids is 3. The molecule has 2 aromatic rings. The summed E-state index contributed by atoms with van der Waals surface area (Å²) < 4.78 is 0. The van der Waals surface area contributed by atoms with Crippen molar-refractivity contribution >= 4 is 29.1 Å². The van der Waals surface area contributed by atoms with Gasteiger partial charge in [0.25, 0.3) is 0 Å². The van der Waals surface area contributed by atoms with Crippen molar-refractivity contribution in [1.82, 2.24) is 20.5 Å². The lowest BCUT2D eigenvalue weighted by molar-refractivity contribution is -0.141. The van der Waals surface area contributed by atoms with Crippen LogP contribution >= 0.6 is 11.3 Å². The lowest BCUT2D eigenvalue weighted by Gasteiger charge is -2.29. The van der Waals surface area contributed by atoms with Gasteiger partial charge in [-0.05, 0) is 43.2 Å². The maximum Gasteiger partial charge on any atom is 0.245 e. The van der Waals surface area contributed by atoms with E-state index in [1.807, 2.05) is 50.5 Å². The Bertz CT molecular complexity index is 954. The number of thiazole rings is 1. The maximum absolute atomic E-state index is 13.1. The zero-order valence-electron chi connectivity index (χ0n) is 19.2. The number of hydrogen-bond acceptors (Lipinski definition) is 5. The van der Waals surface area contributed by atoms with Gasteiger partial charge in [0.1, 0.15) is 12.1 Å². The second-order valence-corrected chi connectivity index (χ2v) is 9.61. The Balaban J connectivity index is 1.60. The fraction of sp³-hybridized carbons (Fsp3) is 0.500. The van der Waals surface area contributed by atoms with Gasteiger partial charge in [-0.2, -0.15) is 0 Å². The summed E-state index contributed by atoms with van der Waals surface area (Å²) in [6, 6.07) is 6.99. The maximum atomic E-state index is 13.1. The Morgan fingerprint density at radius 1 is 1.22 bits per heavy atom. The summed E-state index contributed by atoms with van der Waals surface area (Å²) in [5, 5.41) is 5.74. The molecule has 1 aliphatic rings. The van der Waals surface area contributed by atoms with Gasteiger partial charge < -0.3 is 15.5 Å². The number of carbonyl (C=O) groups is 3. The monoisotopic (exact) mass is 456 g/mol. The smallest absolute Gasteiger partial charge is 0.245 e. The molecule has 1 aliphatic heterocycles. The van der Waals surface area contributed by atoms with Gasteiger partial charge in [0.2, 0.25) is 17.7 Å². The van der Waals surface area contributed by atoms with Crippen molar-refractivity contribution < 1.29 is 14.4 Å². The highest BCUT2D eigenvalue weighted by Gasteiger charge is 2.37. The Kier molecular flexibility index (Phi) is 8.01. The lowest BCUT2D eigenvalue weighted by Crippen LogP contribution is -2.53. The Morgan fingerprint density at radius 2 is 1.94 bits per heavy atom. The molecule has 0 saturated carbocycles. The van der Waals surface area contributed by atoms with Crippen molar-refractivity contribution in [3.05, 3.63) is 41.0 Å². The first-order chi connectivity index (χ1) is 15.3. The molecule has 3 rings (SSSR count). The van der Waals surface area contributed by atoms with E-state index in [0.29, 0.717) is 25.9 Å². The summed E-state index contributed by atoms with van der Waals surface area (Å²) in [4.78, 5) is 44.7. The van der Waals surface area contributed by atoms with E-state index in [-0.39, 0.29) is 23.6 Å². The summed E-state index contributed by atoms with van der Waals surface area (Å²) in [6.45, 7) is 8.37. The molecule has 172 valence electrons. The number of aromatic nitrogens is 1. The molecule has 3 amide bonds. The molecule has 2 N–H and O–H groups in total. The molecule has 2 unspecified atom stereocenters. The third-order valence-corrected chi connectivity index (χ3v) is 6.63. The van der Waals surface area contributed by atoms with E-state index in [9.17, 15) is 14.4 Å². The molecule has 1 aromatic heterocycles. The molecule has 0 aliphatic carbocycles. The van der Waals surface area contributed by atoms with Gasteiger partial charge in [0.05, 0.1) is 16.1 Å². The zero-order valence-corrected chi connectivity index (χ0v) is 20.0. The molecule has 2 atom stereocenters. The number of hydrogen-bond donors (Lipinski definition) is 2. The minimum absolute atomic E-state index is 0.149. The van der Waals surface area contributed by atoms with Crippen LogP contribution in [0, 0.1) is 12.8 Å². The Labute approximate surface area is 193 Å². The second kappa shape index (κ2) is 10.7. The van der Waals surface area contributed by atoms with Gasteiger partial charge >= 0.3 is 0 Å². The Hall–Kier alpha value is -2.74. The van der Waals surface area contributed by atoms with E-state index in [0.717, 1.165) is 28.1 Å². The van der Waals surface area contributed by atoms with Crippen LogP contribution in [-0.2, 0) is 20.9 Å².